The molecule has 2 nitrogen and oxygen atoms in total. The van der Waals surface area contributed by atoms with Gasteiger partial charge >= 0.3 is 0 Å². The van der Waals surface area contributed by atoms with Crippen LogP contribution in [0.5, 0.6) is 5.75 Å². The number of phenolic OH excluding ortho intramolecular Hbond substituents is 1. The van der Waals surface area contributed by atoms with E-state index in [0.717, 1.165) is 17.3 Å². The van der Waals surface area contributed by atoms with E-state index in [2.05, 4.69) is 30.7 Å². The molecule has 0 aliphatic rings. The van der Waals surface area contributed by atoms with Crippen LogP contribution in [0.1, 0.15) is 76.8 Å². The second-order valence-electron chi connectivity index (χ2n) is 6.84. The second kappa shape index (κ2) is 9.64. The first-order valence-electron chi connectivity index (χ1n) is 9.50. The molecule has 0 unspecified atom stereocenters. The molecule has 0 spiro atoms. The van der Waals surface area contributed by atoms with Crippen LogP contribution in [0, 0.1) is 0 Å². The Kier molecular flexibility index (Phi) is 7.51. The Labute approximate surface area is 141 Å². The molecule has 0 saturated heterocycles. The number of hydrogen-bond donors (Lipinski definition) is 1. The highest BCUT2D eigenvalue weighted by atomic mass is 16.3. The molecular formula is C21H33NO. The highest BCUT2D eigenvalue weighted by Crippen LogP contribution is 2.27. The summed E-state index contributed by atoms with van der Waals surface area (Å²) in [5.41, 5.74) is 2.47. The van der Waals surface area contributed by atoms with Crippen molar-refractivity contribution in [3.05, 3.63) is 30.0 Å². The van der Waals surface area contributed by atoms with Gasteiger partial charge in [-0.2, -0.15) is 0 Å². The monoisotopic (exact) mass is 315 g/mol. The van der Waals surface area contributed by atoms with Crippen molar-refractivity contribution in [2.45, 2.75) is 77.6 Å². The molecular weight excluding hydrogens is 282 g/mol. The van der Waals surface area contributed by atoms with Crippen molar-refractivity contribution in [3.63, 3.8) is 0 Å². The summed E-state index contributed by atoms with van der Waals surface area (Å²) >= 11 is 0. The molecule has 2 heteroatoms. The summed E-state index contributed by atoms with van der Waals surface area (Å²) in [7, 11) is 2.10. The van der Waals surface area contributed by atoms with Crippen LogP contribution in [0.3, 0.4) is 0 Å². The molecule has 0 bridgehead atoms. The maximum Gasteiger partial charge on any atom is 0.124 e. The van der Waals surface area contributed by atoms with Gasteiger partial charge < -0.3 is 9.67 Å². The van der Waals surface area contributed by atoms with Gasteiger partial charge in [0.2, 0.25) is 0 Å². The normalized spacial score (nSPS) is 11.4. The predicted octanol–water partition coefficient (Wildman–Crippen LogP) is 6.35. The van der Waals surface area contributed by atoms with Gasteiger partial charge in [0.25, 0.3) is 0 Å². The molecule has 1 N–H and O–H groups in total. The Hall–Kier alpha value is -1.44. The average Bonchev–Trinajstić information content (AvgIpc) is 2.87. The summed E-state index contributed by atoms with van der Waals surface area (Å²) in [6.45, 7) is 2.27. The number of aromatic hydroxyl groups is 1. The average molecular weight is 316 g/mol. The van der Waals surface area contributed by atoms with Crippen LogP contribution >= 0.6 is 0 Å². The third-order valence-corrected chi connectivity index (χ3v) is 4.95. The molecule has 1 heterocycles. The summed E-state index contributed by atoms with van der Waals surface area (Å²) in [5, 5.41) is 10.9. The zero-order chi connectivity index (χ0) is 16.5. The Balaban J connectivity index is 1.63. The lowest BCUT2D eigenvalue weighted by atomic mass is 10.1. The van der Waals surface area contributed by atoms with Gasteiger partial charge in [0.1, 0.15) is 5.75 Å². The number of hydrogen-bond acceptors (Lipinski definition) is 1. The van der Waals surface area contributed by atoms with Crippen LogP contribution in [0.4, 0.5) is 0 Å². The Morgan fingerprint density at radius 3 is 2.09 bits per heavy atom. The minimum absolute atomic E-state index is 0.396. The molecule has 23 heavy (non-hydrogen) atoms. The van der Waals surface area contributed by atoms with Crippen molar-refractivity contribution in [1.29, 1.82) is 0 Å². The smallest absolute Gasteiger partial charge is 0.124 e. The highest BCUT2D eigenvalue weighted by Gasteiger charge is 2.08. The van der Waals surface area contributed by atoms with Gasteiger partial charge in [-0.15, -0.1) is 0 Å². The SMILES string of the molecule is CCCCCCCCCCCCc1cc2c(O)cccc2n1C. The van der Waals surface area contributed by atoms with Crippen LogP contribution in [0.15, 0.2) is 24.3 Å². The Morgan fingerprint density at radius 2 is 1.48 bits per heavy atom. The van der Waals surface area contributed by atoms with Gasteiger partial charge in [0.15, 0.2) is 0 Å². The van der Waals surface area contributed by atoms with Crippen LogP contribution in [0.2, 0.25) is 0 Å². The molecule has 0 atom stereocenters. The summed E-state index contributed by atoms with van der Waals surface area (Å²) < 4.78 is 2.22. The van der Waals surface area contributed by atoms with Crippen LogP contribution in [-0.4, -0.2) is 9.67 Å². The van der Waals surface area contributed by atoms with Crippen molar-refractivity contribution in [1.82, 2.24) is 4.57 Å². The van der Waals surface area contributed by atoms with Gasteiger partial charge in [-0.25, -0.2) is 0 Å². The fraction of sp³-hybridized carbons (Fsp3) is 0.619. The van der Waals surface area contributed by atoms with E-state index in [1.807, 2.05) is 6.07 Å². The van der Waals surface area contributed by atoms with Crippen molar-refractivity contribution in [2.75, 3.05) is 0 Å². The number of fused-ring (bicyclic) bond motifs is 1. The maximum atomic E-state index is 9.94. The number of phenols is 1. The minimum atomic E-state index is 0.396. The molecule has 0 fully saturated rings. The van der Waals surface area contributed by atoms with Crippen molar-refractivity contribution >= 4 is 10.9 Å². The lowest BCUT2D eigenvalue weighted by Gasteiger charge is -2.05. The number of aromatic nitrogens is 1. The van der Waals surface area contributed by atoms with E-state index >= 15 is 0 Å². The van der Waals surface area contributed by atoms with Gasteiger partial charge in [0.05, 0.1) is 5.52 Å². The van der Waals surface area contributed by atoms with E-state index in [4.69, 9.17) is 0 Å². The number of aryl methyl sites for hydroxylation is 2. The zero-order valence-corrected chi connectivity index (χ0v) is 15.0. The topological polar surface area (TPSA) is 25.2 Å². The van der Waals surface area contributed by atoms with Crippen molar-refractivity contribution in [3.8, 4) is 5.75 Å². The lowest BCUT2D eigenvalue weighted by molar-refractivity contribution is 0.481. The first kappa shape index (κ1) is 17.9. The second-order valence-corrected chi connectivity index (χ2v) is 6.84. The number of rotatable bonds is 11. The number of unbranched alkanes of at least 4 members (excludes halogenated alkanes) is 9. The first-order chi connectivity index (χ1) is 11.2. The zero-order valence-electron chi connectivity index (χ0n) is 15.0. The standard InChI is InChI=1S/C21H33NO/c1-3-4-5-6-7-8-9-10-11-12-14-18-17-19-20(22(18)2)15-13-16-21(19)23/h13,15-17,23H,3-12,14H2,1-2H3. The van der Waals surface area contributed by atoms with Gasteiger partial charge in [0, 0.05) is 18.1 Å². The first-order valence-corrected chi connectivity index (χ1v) is 9.50. The molecule has 0 radical (unpaired) electrons. The fourth-order valence-corrected chi connectivity index (χ4v) is 3.43. The summed E-state index contributed by atoms with van der Waals surface area (Å²) in [6.07, 6.45) is 14.9. The maximum absolute atomic E-state index is 9.94. The van der Waals surface area contributed by atoms with Crippen LogP contribution in [-0.2, 0) is 13.5 Å². The van der Waals surface area contributed by atoms with Crippen molar-refractivity contribution in [2.24, 2.45) is 7.05 Å². The van der Waals surface area contributed by atoms with Gasteiger partial charge in [-0.05, 0) is 31.0 Å². The Bertz CT molecular complexity index is 585. The molecule has 2 rings (SSSR count). The summed E-state index contributed by atoms with van der Waals surface area (Å²) in [5.74, 6) is 0.396. The predicted molar refractivity (Wildman–Crippen MR) is 100 cm³/mol. The largest absolute Gasteiger partial charge is 0.507 e. The third kappa shape index (κ3) is 5.30. The molecule has 1 aromatic carbocycles. The van der Waals surface area contributed by atoms with Gasteiger partial charge in [-0.3, -0.25) is 0 Å². The molecule has 0 aliphatic carbocycles. The van der Waals surface area contributed by atoms with E-state index in [0.29, 0.717) is 5.75 Å². The molecule has 0 amide bonds. The van der Waals surface area contributed by atoms with E-state index in [1.165, 1.54) is 69.9 Å². The molecule has 2 aromatic rings. The summed E-state index contributed by atoms with van der Waals surface area (Å²) in [6, 6.07) is 7.92. The summed E-state index contributed by atoms with van der Waals surface area (Å²) in [4.78, 5) is 0. The third-order valence-electron chi connectivity index (χ3n) is 4.95. The van der Waals surface area contributed by atoms with E-state index in [9.17, 15) is 5.11 Å². The fourth-order valence-electron chi connectivity index (χ4n) is 3.43. The van der Waals surface area contributed by atoms with E-state index in [1.54, 1.807) is 6.07 Å². The van der Waals surface area contributed by atoms with Crippen LogP contribution in [0.25, 0.3) is 10.9 Å². The Morgan fingerprint density at radius 1 is 0.870 bits per heavy atom. The van der Waals surface area contributed by atoms with Gasteiger partial charge in [-0.1, -0.05) is 70.8 Å². The highest BCUT2D eigenvalue weighted by molar-refractivity contribution is 5.87. The quantitative estimate of drug-likeness (QED) is 0.480. The number of nitrogens with zero attached hydrogens (tertiary/aromatic N) is 1. The van der Waals surface area contributed by atoms with E-state index in [-0.39, 0.29) is 0 Å². The van der Waals surface area contributed by atoms with Crippen molar-refractivity contribution < 1.29 is 5.11 Å². The molecule has 128 valence electrons. The molecule has 0 aliphatic heterocycles. The minimum Gasteiger partial charge on any atom is -0.507 e. The lowest BCUT2D eigenvalue weighted by Crippen LogP contribution is -1.96. The van der Waals surface area contributed by atoms with E-state index < -0.39 is 0 Å². The molecule has 1 aromatic heterocycles. The number of benzene rings is 1. The molecule has 0 saturated carbocycles. The van der Waals surface area contributed by atoms with Crippen LogP contribution < -0.4 is 0 Å².